The molecule has 2 aromatic rings. The summed E-state index contributed by atoms with van der Waals surface area (Å²) in [5.41, 5.74) is 1.68. The molecule has 1 saturated heterocycles. The predicted molar refractivity (Wildman–Crippen MR) is 102 cm³/mol. The van der Waals surface area contributed by atoms with Crippen LogP contribution in [0.5, 0.6) is 5.75 Å². The monoisotopic (exact) mass is 397 g/mol. The fourth-order valence-electron chi connectivity index (χ4n) is 3.16. The molecule has 0 unspecified atom stereocenters. The molecule has 1 amide bonds. The lowest BCUT2D eigenvalue weighted by atomic mass is 10.2. The average Bonchev–Trinajstić information content (AvgIpc) is 3.16. The van der Waals surface area contributed by atoms with Crippen molar-refractivity contribution in [3.8, 4) is 5.75 Å². The number of imidazole rings is 1. The van der Waals surface area contributed by atoms with Gasteiger partial charge in [0.25, 0.3) is 0 Å². The smallest absolute Gasteiger partial charge is 0.233 e. The average molecular weight is 398 g/mol. The third-order valence-electron chi connectivity index (χ3n) is 4.39. The van der Waals surface area contributed by atoms with Crippen molar-refractivity contribution in [2.75, 3.05) is 30.4 Å². The molecule has 0 radical (unpaired) electrons. The molecule has 0 bridgehead atoms. The number of ether oxygens (including phenoxy) is 1. The Morgan fingerprint density at radius 2 is 2.23 bits per heavy atom. The maximum atomic E-state index is 12.5. The SMILES string of the molecule is CCOc1ccc2nc(SCC(=O)N(CC)[C@@H]3CCS(=O)(=O)C3)[nH]c2c1. The van der Waals surface area contributed by atoms with Crippen molar-refractivity contribution in [2.24, 2.45) is 0 Å². The highest BCUT2D eigenvalue weighted by atomic mass is 32.2. The molecule has 1 aliphatic rings. The number of hydrogen-bond acceptors (Lipinski definition) is 6. The third-order valence-corrected chi connectivity index (χ3v) is 6.99. The van der Waals surface area contributed by atoms with Crippen molar-refractivity contribution in [3.05, 3.63) is 18.2 Å². The van der Waals surface area contributed by atoms with Gasteiger partial charge in [-0.2, -0.15) is 0 Å². The number of thioether (sulfide) groups is 1. The summed E-state index contributed by atoms with van der Waals surface area (Å²) in [6, 6.07) is 5.43. The van der Waals surface area contributed by atoms with E-state index in [4.69, 9.17) is 4.74 Å². The van der Waals surface area contributed by atoms with Gasteiger partial charge in [-0.15, -0.1) is 0 Å². The number of carbonyl (C=O) groups excluding carboxylic acids is 1. The van der Waals surface area contributed by atoms with E-state index in [1.807, 2.05) is 32.0 Å². The minimum atomic E-state index is -3.01. The number of aromatic amines is 1. The molecule has 1 aromatic heterocycles. The zero-order valence-electron chi connectivity index (χ0n) is 14.9. The van der Waals surface area contributed by atoms with E-state index in [-0.39, 0.29) is 29.2 Å². The maximum Gasteiger partial charge on any atom is 0.233 e. The second-order valence-electron chi connectivity index (χ2n) is 6.18. The van der Waals surface area contributed by atoms with Gasteiger partial charge in [0.1, 0.15) is 5.75 Å². The Labute approximate surface area is 157 Å². The molecule has 1 atom stereocenters. The van der Waals surface area contributed by atoms with E-state index in [1.165, 1.54) is 11.8 Å². The highest BCUT2D eigenvalue weighted by molar-refractivity contribution is 7.99. The van der Waals surface area contributed by atoms with Crippen LogP contribution in [0, 0.1) is 0 Å². The summed E-state index contributed by atoms with van der Waals surface area (Å²) >= 11 is 1.33. The van der Waals surface area contributed by atoms with Crippen LogP contribution in [0.4, 0.5) is 0 Å². The molecule has 1 aromatic carbocycles. The summed E-state index contributed by atoms with van der Waals surface area (Å²) in [7, 11) is -3.01. The van der Waals surface area contributed by atoms with E-state index in [0.717, 1.165) is 16.8 Å². The van der Waals surface area contributed by atoms with Crippen LogP contribution in [0.25, 0.3) is 11.0 Å². The van der Waals surface area contributed by atoms with Crippen LogP contribution in [0.1, 0.15) is 20.3 Å². The number of nitrogens with one attached hydrogen (secondary N) is 1. The van der Waals surface area contributed by atoms with Crippen LogP contribution < -0.4 is 4.74 Å². The van der Waals surface area contributed by atoms with Gasteiger partial charge >= 0.3 is 0 Å². The molecule has 0 aliphatic carbocycles. The zero-order chi connectivity index (χ0) is 18.7. The highest BCUT2D eigenvalue weighted by Crippen LogP contribution is 2.24. The predicted octanol–water partition coefficient (Wildman–Crippen LogP) is 2.09. The van der Waals surface area contributed by atoms with Gasteiger partial charge in [0.05, 0.1) is 34.9 Å². The summed E-state index contributed by atoms with van der Waals surface area (Å²) in [5.74, 6) is 1.18. The van der Waals surface area contributed by atoms with Crippen LogP contribution in [0.15, 0.2) is 23.4 Å². The standard InChI is InChI=1S/C17H23N3O4S2/c1-3-20(12-7-8-26(22,23)11-12)16(21)10-25-17-18-14-6-5-13(24-4-2)9-15(14)19-17/h5-6,9,12H,3-4,7-8,10-11H2,1-2H3,(H,18,19)/t12-/m1/s1. The minimum Gasteiger partial charge on any atom is -0.494 e. The number of nitrogens with zero attached hydrogens (tertiary/aromatic N) is 2. The first-order valence-electron chi connectivity index (χ1n) is 8.67. The summed E-state index contributed by atoms with van der Waals surface area (Å²) in [5, 5.41) is 0.664. The normalized spacial score (nSPS) is 18.9. The first-order valence-corrected chi connectivity index (χ1v) is 11.5. The summed E-state index contributed by atoms with van der Waals surface area (Å²) in [4.78, 5) is 21.9. The first-order chi connectivity index (χ1) is 12.4. The number of amides is 1. The van der Waals surface area contributed by atoms with Gasteiger partial charge in [-0.05, 0) is 32.4 Å². The van der Waals surface area contributed by atoms with Gasteiger partial charge in [-0.3, -0.25) is 4.79 Å². The van der Waals surface area contributed by atoms with E-state index >= 15 is 0 Å². The number of benzene rings is 1. The fourth-order valence-corrected chi connectivity index (χ4v) is 5.66. The Hall–Kier alpha value is -1.74. The zero-order valence-corrected chi connectivity index (χ0v) is 16.5. The lowest BCUT2D eigenvalue weighted by Gasteiger charge is -2.26. The second kappa shape index (κ2) is 7.87. The van der Waals surface area contributed by atoms with Crippen molar-refractivity contribution in [3.63, 3.8) is 0 Å². The molecule has 3 rings (SSSR count). The number of H-pyrrole nitrogens is 1. The number of hydrogen-bond donors (Lipinski definition) is 1. The molecular formula is C17H23N3O4S2. The Morgan fingerprint density at radius 1 is 1.42 bits per heavy atom. The molecule has 0 spiro atoms. The summed E-state index contributed by atoms with van der Waals surface area (Å²) < 4.78 is 28.8. The Bertz CT molecular complexity index is 895. The second-order valence-corrected chi connectivity index (χ2v) is 9.37. The maximum absolute atomic E-state index is 12.5. The Balaban J connectivity index is 1.64. The number of carbonyl (C=O) groups is 1. The molecule has 1 aliphatic heterocycles. The van der Waals surface area contributed by atoms with E-state index in [2.05, 4.69) is 9.97 Å². The topological polar surface area (TPSA) is 92.4 Å². The molecule has 26 heavy (non-hydrogen) atoms. The van der Waals surface area contributed by atoms with Crippen molar-refractivity contribution in [1.82, 2.24) is 14.9 Å². The fraction of sp³-hybridized carbons (Fsp3) is 0.529. The van der Waals surface area contributed by atoms with Crippen LogP contribution in [-0.4, -0.2) is 65.6 Å². The van der Waals surface area contributed by atoms with Crippen LogP contribution >= 0.6 is 11.8 Å². The Morgan fingerprint density at radius 3 is 2.88 bits per heavy atom. The van der Waals surface area contributed by atoms with Gasteiger partial charge in [-0.1, -0.05) is 11.8 Å². The Kier molecular flexibility index (Phi) is 5.76. The van der Waals surface area contributed by atoms with E-state index < -0.39 is 9.84 Å². The molecule has 1 N–H and O–H groups in total. The van der Waals surface area contributed by atoms with Crippen molar-refractivity contribution in [2.45, 2.75) is 31.5 Å². The minimum absolute atomic E-state index is 0.0601. The molecular weight excluding hydrogens is 374 g/mol. The van der Waals surface area contributed by atoms with Gasteiger partial charge in [0, 0.05) is 18.7 Å². The number of aromatic nitrogens is 2. The van der Waals surface area contributed by atoms with Gasteiger partial charge in [-0.25, -0.2) is 13.4 Å². The van der Waals surface area contributed by atoms with Crippen LogP contribution in [0.2, 0.25) is 0 Å². The van der Waals surface area contributed by atoms with Crippen molar-refractivity contribution in [1.29, 1.82) is 0 Å². The molecule has 2 heterocycles. The van der Waals surface area contributed by atoms with Crippen molar-refractivity contribution >= 4 is 38.5 Å². The molecule has 142 valence electrons. The first kappa shape index (κ1) is 19.0. The lowest BCUT2D eigenvalue weighted by Crippen LogP contribution is -2.41. The van der Waals surface area contributed by atoms with Gasteiger partial charge < -0.3 is 14.6 Å². The van der Waals surface area contributed by atoms with Gasteiger partial charge in [0.2, 0.25) is 5.91 Å². The van der Waals surface area contributed by atoms with Crippen molar-refractivity contribution < 1.29 is 17.9 Å². The van der Waals surface area contributed by atoms with Crippen LogP contribution in [-0.2, 0) is 14.6 Å². The number of fused-ring (bicyclic) bond motifs is 1. The molecule has 0 saturated carbocycles. The van der Waals surface area contributed by atoms with E-state index in [1.54, 1.807) is 4.90 Å². The van der Waals surface area contributed by atoms with E-state index in [0.29, 0.717) is 24.7 Å². The quantitative estimate of drug-likeness (QED) is 0.719. The van der Waals surface area contributed by atoms with Crippen LogP contribution in [0.3, 0.4) is 0 Å². The van der Waals surface area contributed by atoms with E-state index in [9.17, 15) is 13.2 Å². The highest BCUT2D eigenvalue weighted by Gasteiger charge is 2.33. The number of rotatable bonds is 7. The largest absolute Gasteiger partial charge is 0.494 e. The van der Waals surface area contributed by atoms with Gasteiger partial charge in [0.15, 0.2) is 15.0 Å². The number of sulfone groups is 1. The third kappa shape index (κ3) is 4.32. The molecule has 9 heteroatoms. The molecule has 1 fully saturated rings. The summed E-state index contributed by atoms with van der Waals surface area (Å²) in [6.45, 7) is 4.92. The molecule has 7 nitrogen and oxygen atoms in total. The lowest BCUT2D eigenvalue weighted by molar-refractivity contribution is -0.129. The summed E-state index contributed by atoms with van der Waals surface area (Å²) in [6.07, 6.45) is 0.525.